The zero-order valence-corrected chi connectivity index (χ0v) is 30.4. The van der Waals surface area contributed by atoms with Crippen LogP contribution in [0.15, 0.2) is 36.4 Å². The second-order valence-corrected chi connectivity index (χ2v) is 18.3. The van der Waals surface area contributed by atoms with Crippen LogP contribution in [-0.2, 0) is 31.3 Å². The molecule has 4 heterocycles. The average Bonchev–Trinajstić information content (AvgIpc) is 3.22. The van der Waals surface area contributed by atoms with Gasteiger partial charge >= 0.3 is 0 Å². The number of rotatable bonds is 0. The van der Waals surface area contributed by atoms with E-state index in [2.05, 4.69) is 26.7 Å². The van der Waals surface area contributed by atoms with E-state index >= 15 is 0 Å². The van der Waals surface area contributed by atoms with E-state index in [1.165, 1.54) is 11.1 Å². The van der Waals surface area contributed by atoms with Crippen LogP contribution in [0.2, 0.25) is 5.02 Å². The number of benzene rings is 2. The monoisotopic (exact) mass is 711 g/mol. The summed E-state index contributed by atoms with van der Waals surface area (Å²) in [5.41, 5.74) is 3.23. The largest absolute Gasteiger partial charge is 0.490 e. The number of nitrogens with zero attached hydrogens (tertiary/aromatic N) is 2. The molecule has 1 saturated carbocycles. The van der Waals surface area contributed by atoms with Crippen LogP contribution < -0.4 is 14.4 Å². The number of fused-ring (bicyclic) bond motifs is 6. The lowest BCUT2D eigenvalue weighted by molar-refractivity contribution is -0.212. The summed E-state index contributed by atoms with van der Waals surface area (Å²) in [5.74, 6) is 0.814. The Hall–Kier alpha value is -2.37. The minimum absolute atomic E-state index is 0.118. The summed E-state index contributed by atoms with van der Waals surface area (Å²) in [7, 11) is -3.90. The molecule has 0 radical (unpaired) electrons. The van der Waals surface area contributed by atoms with Crippen molar-refractivity contribution in [3.05, 3.63) is 58.1 Å². The summed E-state index contributed by atoms with van der Waals surface area (Å²) in [6.45, 7) is 9.74. The fraction of sp³-hybridized carbons (Fsp3) is 0.658. The van der Waals surface area contributed by atoms with Gasteiger partial charge in [0.1, 0.15) is 5.75 Å². The van der Waals surface area contributed by atoms with Crippen molar-refractivity contribution in [3.8, 4) is 5.75 Å². The van der Waals surface area contributed by atoms with Gasteiger partial charge in [-0.15, -0.1) is 0 Å². The van der Waals surface area contributed by atoms with Gasteiger partial charge < -0.3 is 19.1 Å². The normalized spacial score (nSPS) is 36.3. The van der Waals surface area contributed by atoms with Crippen molar-refractivity contribution in [2.24, 2.45) is 17.8 Å². The number of carbonyl (C=O) groups is 1. The van der Waals surface area contributed by atoms with E-state index in [4.69, 9.17) is 25.8 Å². The highest BCUT2D eigenvalue weighted by Gasteiger charge is 2.53. The Bertz CT molecular complexity index is 1710. The third-order valence-electron chi connectivity index (χ3n) is 13.0. The second kappa shape index (κ2) is 13.0. The first-order valence-corrected chi connectivity index (χ1v) is 20.3. The molecule has 6 aliphatic rings. The van der Waals surface area contributed by atoms with Crippen LogP contribution in [0.3, 0.4) is 0 Å². The van der Waals surface area contributed by atoms with Crippen molar-refractivity contribution in [2.75, 3.05) is 57.5 Å². The van der Waals surface area contributed by atoms with Crippen LogP contribution in [0.4, 0.5) is 5.69 Å². The quantitative estimate of drug-likeness (QED) is 0.379. The highest BCUT2D eigenvalue weighted by atomic mass is 35.5. The predicted molar refractivity (Wildman–Crippen MR) is 190 cm³/mol. The molecule has 9 nitrogen and oxygen atoms in total. The summed E-state index contributed by atoms with van der Waals surface area (Å²) in [6.07, 6.45) is 7.79. The number of aryl methyl sites for hydroxylation is 1. The minimum Gasteiger partial charge on any atom is -0.490 e. The SMILES string of the molecule is C[C@@H]1[C@@H](C)CCC[C@@]2(CN3CCOCC3CO2)[C@@H]2CC[C@H]2CN2C[C@@]3(CCCc4cc(Cl)ccc43)COc3ccc(cc32)C(=O)NS1(=O)=O. The van der Waals surface area contributed by atoms with E-state index < -0.39 is 21.2 Å². The van der Waals surface area contributed by atoms with Crippen molar-refractivity contribution in [1.82, 2.24) is 9.62 Å². The van der Waals surface area contributed by atoms with Crippen LogP contribution in [0.1, 0.15) is 80.3 Å². The summed E-state index contributed by atoms with van der Waals surface area (Å²) in [4.78, 5) is 18.6. The zero-order chi connectivity index (χ0) is 34.0. The molecule has 4 aliphatic heterocycles. The number of morpholine rings is 2. The molecule has 2 aromatic rings. The van der Waals surface area contributed by atoms with Gasteiger partial charge in [-0.2, -0.15) is 0 Å². The Labute approximate surface area is 296 Å². The Morgan fingerprint density at radius 1 is 1.00 bits per heavy atom. The van der Waals surface area contributed by atoms with Crippen LogP contribution in [0.25, 0.3) is 0 Å². The van der Waals surface area contributed by atoms with Crippen LogP contribution in [0, 0.1) is 17.8 Å². The van der Waals surface area contributed by atoms with Gasteiger partial charge in [0.25, 0.3) is 5.91 Å². The van der Waals surface area contributed by atoms with E-state index in [-0.39, 0.29) is 16.9 Å². The molecule has 1 amide bonds. The van der Waals surface area contributed by atoms with Crippen molar-refractivity contribution in [1.29, 1.82) is 0 Å². The van der Waals surface area contributed by atoms with Crippen molar-refractivity contribution < 1.29 is 27.4 Å². The Kier molecular flexibility index (Phi) is 8.95. The number of ether oxygens (including phenoxy) is 3. The molecule has 1 N–H and O–H groups in total. The van der Waals surface area contributed by atoms with Gasteiger partial charge in [-0.25, -0.2) is 13.1 Å². The number of hydrogen-bond donors (Lipinski definition) is 1. The number of carbonyl (C=O) groups excluding carboxylic acids is 1. The molecule has 1 unspecified atom stereocenters. The van der Waals surface area contributed by atoms with Crippen LogP contribution in [0.5, 0.6) is 5.75 Å². The summed E-state index contributed by atoms with van der Waals surface area (Å²) in [5, 5.41) is 0.0404. The lowest BCUT2D eigenvalue weighted by Crippen LogP contribution is -2.65. The van der Waals surface area contributed by atoms with Gasteiger partial charge in [-0.1, -0.05) is 31.0 Å². The summed E-state index contributed by atoms with van der Waals surface area (Å²) >= 11 is 6.48. The molecular weight excluding hydrogens is 662 g/mol. The molecule has 8 rings (SSSR count). The van der Waals surface area contributed by atoms with Crippen LogP contribution >= 0.6 is 11.6 Å². The third-order valence-corrected chi connectivity index (χ3v) is 15.2. The molecular formula is C38H50ClN3O6S. The fourth-order valence-electron chi connectivity index (χ4n) is 9.83. The summed E-state index contributed by atoms with van der Waals surface area (Å²) in [6, 6.07) is 12.0. The third kappa shape index (κ3) is 6.17. The molecule has 266 valence electrons. The standard InChI is InChI=1S/C38H50ClN3O6S/c1-25-5-3-14-38(23-41-15-16-46-20-31(41)21-48-38)33-10-7-29(33)19-42-22-37(13-4-6-27-17-30(39)9-11-32(27)37)24-47-35-12-8-28(18-34(35)42)36(43)40-49(44,45)26(25)2/h8-9,11-12,17-18,25-26,29,31,33H,3-7,10,13-16,19-24H2,1-2H3,(H,40,43)/t25-,26+,29-,31?,33+,37-,38+/m0/s1. The Morgan fingerprint density at radius 2 is 1.88 bits per heavy atom. The van der Waals surface area contributed by atoms with Crippen LogP contribution in [-0.4, -0.2) is 88.7 Å². The maximum absolute atomic E-state index is 13.6. The molecule has 7 atom stereocenters. The lowest BCUT2D eigenvalue weighted by atomic mass is 9.62. The first-order valence-electron chi connectivity index (χ1n) is 18.4. The van der Waals surface area contributed by atoms with Gasteiger partial charge in [-0.3, -0.25) is 9.69 Å². The minimum atomic E-state index is -3.90. The Balaban J connectivity index is 1.20. The maximum atomic E-state index is 13.6. The number of halogens is 1. The van der Waals surface area contributed by atoms with Gasteiger partial charge in [0.15, 0.2) is 0 Å². The topological polar surface area (TPSA) is 97.4 Å². The second-order valence-electron chi connectivity index (χ2n) is 15.9. The van der Waals surface area contributed by atoms with Crippen molar-refractivity contribution in [2.45, 2.75) is 87.5 Å². The number of amides is 1. The molecule has 2 bridgehead atoms. The van der Waals surface area contributed by atoms with Gasteiger partial charge in [0.2, 0.25) is 10.0 Å². The average molecular weight is 712 g/mol. The number of sulfonamides is 1. The van der Waals surface area contributed by atoms with Crippen molar-refractivity contribution >= 4 is 33.2 Å². The molecule has 2 spiro atoms. The van der Waals surface area contributed by atoms with Gasteiger partial charge in [0.05, 0.1) is 49.0 Å². The van der Waals surface area contributed by atoms with Gasteiger partial charge in [-0.05, 0) is 111 Å². The number of hydrogen-bond acceptors (Lipinski definition) is 8. The first-order chi connectivity index (χ1) is 23.6. The number of nitrogens with one attached hydrogen (secondary N) is 1. The molecule has 0 aromatic heterocycles. The van der Waals surface area contributed by atoms with E-state index in [1.807, 2.05) is 25.1 Å². The molecule has 3 fully saturated rings. The lowest BCUT2D eigenvalue weighted by Gasteiger charge is -2.57. The smallest absolute Gasteiger partial charge is 0.264 e. The van der Waals surface area contributed by atoms with E-state index in [0.717, 1.165) is 101 Å². The maximum Gasteiger partial charge on any atom is 0.264 e. The molecule has 2 aromatic carbocycles. The van der Waals surface area contributed by atoms with Gasteiger partial charge in [0, 0.05) is 42.2 Å². The first kappa shape index (κ1) is 33.8. The van der Waals surface area contributed by atoms with E-state index in [9.17, 15) is 13.2 Å². The molecule has 49 heavy (non-hydrogen) atoms. The Morgan fingerprint density at radius 3 is 2.71 bits per heavy atom. The zero-order valence-electron chi connectivity index (χ0n) is 28.8. The van der Waals surface area contributed by atoms with Crippen molar-refractivity contribution in [3.63, 3.8) is 0 Å². The molecule has 11 heteroatoms. The summed E-state index contributed by atoms with van der Waals surface area (Å²) < 4.78 is 49.0. The fourth-order valence-corrected chi connectivity index (χ4v) is 11.3. The highest BCUT2D eigenvalue weighted by Crippen LogP contribution is 2.51. The highest BCUT2D eigenvalue weighted by molar-refractivity contribution is 7.90. The molecule has 2 saturated heterocycles. The van der Waals surface area contributed by atoms with E-state index in [1.54, 1.807) is 13.0 Å². The van der Waals surface area contributed by atoms with E-state index in [0.29, 0.717) is 43.3 Å². The predicted octanol–water partition coefficient (Wildman–Crippen LogP) is 5.58. The number of anilines is 1. The molecule has 2 aliphatic carbocycles.